The van der Waals surface area contributed by atoms with Crippen LogP contribution in [0.1, 0.15) is 19.4 Å². The number of nitrogens with zero attached hydrogens (tertiary/aromatic N) is 1. The highest BCUT2D eigenvalue weighted by Crippen LogP contribution is 2.30. The van der Waals surface area contributed by atoms with Gasteiger partial charge in [-0.25, -0.2) is 4.79 Å². The van der Waals surface area contributed by atoms with Crippen LogP contribution < -0.4 is 25.7 Å². The van der Waals surface area contributed by atoms with Crippen molar-refractivity contribution in [3.63, 3.8) is 0 Å². The Morgan fingerprint density at radius 1 is 1.43 bits per heavy atom. The fraction of sp³-hybridized carbons (Fsp3) is 0.250. The van der Waals surface area contributed by atoms with E-state index in [4.69, 9.17) is 9.47 Å². The molecule has 1 aromatic heterocycles. The highest BCUT2D eigenvalue weighted by molar-refractivity contribution is 5.63. The molecule has 0 bridgehead atoms. The average Bonchev–Trinajstić information content (AvgIpc) is 2.43. The number of hydrogen-bond acceptors (Lipinski definition) is 4. The van der Waals surface area contributed by atoms with Crippen LogP contribution in [0.15, 0.2) is 23.0 Å². The van der Waals surface area contributed by atoms with E-state index in [1.165, 1.54) is 0 Å². The third kappa shape index (κ3) is 2.67. The van der Waals surface area contributed by atoms with E-state index < -0.39 is 5.69 Å². The third-order valence-corrected chi connectivity index (χ3v) is 3.09. The maximum absolute atomic E-state index is 11.4. The van der Waals surface area contributed by atoms with Gasteiger partial charge in [0.15, 0.2) is 0 Å². The Bertz CT molecular complexity index is 853. The molecule has 5 heteroatoms. The van der Waals surface area contributed by atoms with Gasteiger partial charge in [-0.1, -0.05) is 20.4 Å². The Kier molecular flexibility index (Phi) is 3.25. The zero-order valence-electron chi connectivity index (χ0n) is 12.0. The molecule has 3 rings (SSSR count). The molecule has 21 heavy (non-hydrogen) atoms. The standard InChI is InChI=1S/C16H16N2O3/c1-9(2)8-20-12-5-4-11-6-13-10(3)17-16(19)18-15(13)21-14(11)7-12/h4-7,9H,3,8H2,1-2H3,(H,17,19). The molecule has 0 spiro atoms. The molecule has 5 nitrogen and oxygen atoms in total. The summed E-state index contributed by atoms with van der Waals surface area (Å²) in [5.74, 6) is 2.08. The first kappa shape index (κ1) is 13.4. The maximum Gasteiger partial charge on any atom is 0.348 e. The van der Waals surface area contributed by atoms with Crippen molar-refractivity contribution in [3.8, 4) is 17.4 Å². The second-order valence-electron chi connectivity index (χ2n) is 5.39. The van der Waals surface area contributed by atoms with Crippen LogP contribution in [0, 0.1) is 5.92 Å². The lowest BCUT2D eigenvalue weighted by atomic mass is 10.1. The third-order valence-electron chi connectivity index (χ3n) is 3.09. The summed E-state index contributed by atoms with van der Waals surface area (Å²) in [7, 11) is 0. The van der Waals surface area contributed by atoms with Crippen LogP contribution in [-0.4, -0.2) is 16.6 Å². The molecule has 1 aliphatic rings. The number of aromatic nitrogens is 2. The first-order valence-electron chi connectivity index (χ1n) is 6.78. The quantitative estimate of drug-likeness (QED) is 0.783. The number of fused-ring (bicyclic) bond motifs is 2. The van der Waals surface area contributed by atoms with E-state index in [0.717, 1.165) is 11.3 Å². The van der Waals surface area contributed by atoms with E-state index in [9.17, 15) is 4.79 Å². The number of aromatic amines is 1. The van der Waals surface area contributed by atoms with Crippen molar-refractivity contribution in [2.75, 3.05) is 6.61 Å². The molecule has 0 amide bonds. The molecule has 1 aliphatic heterocycles. The number of rotatable bonds is 3. The summed E-state index contributed by atoms with van der Waals surface area (Å²) in [4.78, 5) is 17.8. The average molecular weight is 284 g/mol. The molecule has 108 valence electrons. The summed E-state index contributed by atoms with van der Waals surface area (Å²) >= 11 is 0. The first-order chi connectivity index (χ1) is 10.0. The Labute approximate surface area is 121 Å². The predicted octanol–water partition coefficient (Wildman–Crippen LogP) is 1.15. The van der Waals surface area contributed by atoms with Gasteiger partial charge in [0.05, 0.1) is 11.8 Å². The van der Waals surface area contributed by atoms with Gasteiger partial charge in [-0.2, -0.15) is 4.98 Å². The summed E-state index contributed by atoms with van der Waals surface area (Å²) in [6, 6.07) is 5.62. The largest absolute Gasteiger partial charge is 0.493 e. The van der Waals surface area contributed by atoms with Crippen molar-refractivity contribution in [1.82, 2.24) is 9.97 Å². The van der Waals surface area contributed by atoms with E-state index in [2.05, 4.69) is 30.4 Å². The van der Waals surface area contributed by atoms with Gasteiger partial charge in [0.2, 0.25) is 5.88 Å². The number of nitrogens with one attached hydrogen (secondary N) is 1. The van der Waals surface area contributed by atoms with Crippen molar-refractivity contribution >= 4 is 12.7 Å². The molecule has 1 N–H and O–H groups in total. The molecule has 2 aromatic rings. The van der Waals surface area contributed by atoms with Crippen molar-refractivity contribution in [1.29, 1.82) is 0 Å². The number of benzene rings is 1. The highest BCUT2D eigenvalue weighted by atomic mass is 16.5. The van der Waals surface area contributed by atoms with E-state index >= 15 is 0 Å². The minimum absolute atomic E-state index is 0.275. The normalized spacial score (nSPS) is 12.1. The Morgan fingerprint density at radius 3 is 3.00 bits per heavy atom. The second-order valence-corrected chi connectivity index (χ2v) is 5.39. The van der Waals surface area contributed by atoms with E-state index in [1.807, 2.05) is 24.3 Å². The summed E-state index contributed by atoms with van der Waals surface area (Å²) in [5, 5.41) is 1.19. The topological polar surface area (TPSA) is 64.2 Å². The van der Waals surface area contributed by atoms with Crippen LogP contribution in [0.5, 0.6) is 17.4 Å². The summed E-state index contributed by atoms with van der Waals surface area (Å²) < 4.78 is 11.4. The van der Waals surface area contributed by atoms with Gasteiger partial charge in [0, 0.05) is 17.0 Å². The monoisotopic (exact) mass is 284 g/mol. The molecular weight excluding hydrogens is 268 g/mol. The molecule has 0 aliphatic carbocycles. The maximum atomic E-state index is 11.4. The van der Waals surface area contributed by atoms with Crippen LogP contribution >= 0.6 is 0 Å². The van der Waals surface area contributed by atoms with Crippen molar-refractivity contribution in [2.45, 2.75) is 13.8 Å². The lowest BCUT2D eigenvalue weighted by molar-refractivity contribution is 0.270. The molecule has 2 heterocycles. The Hall–Kier alpha value is -2.56. The molecule has 0 fully saturated rings. The molecule has 0 saturated heterocycles. The zero-order chi connectivity index (χ0) is 15.0. The van der Waals surface area contributed by atoms with E-state index in [0.29, 0.717) is 28.8 Å². The van der Waals surface area contributed by atoms with Crippen molar-refractivity contribution in [3.05, 3.63) is 44.8 Å². The lowest BCUT2D eigenvalue weighted by Crippen LogP contribution is -2.37. The van der Waals surface area contributed by atoms with Crippen LogP contribution in [0.4, 0.5) is 0 Å². The summed E-state index contributed by atoms with van der Waals surface area (Å²) in [6.45, 7) is 8.62. The van der Waals surface area contributed by atoms with Gasteiger partial charge in [-0.15, -0.1) is 0 Å². The minimum Gasteiger partial charge on any atom is -0.493 e. The molecule has 0 unspecified atom stereocenters. The van der Waals surface area contributed by atoms with Crippen LogP contribution in [0.25, 0.3) is 12.7 Å². The Balaban J connectivity index is 2.02. The number of H-pyrrole nitrogens is 1. The zero-order valence-corrected chi connectivity index (χ0v) is 12.0. The van der Waals surface area contributed by atoms with Crippen LogP contribution in [-0.2, 0) is 0 Å². The van der Waals surface area contributed by atoms with E-state index in [-0.39, 0.29) is 5.88 Å². The van der Waals surface area contributed by atoms with Crippen LogP contribution in [0.2, 0.25) is 0 Å². The summed E-state index contributed by atoms with van der Waals surface area (Å²) in [5.41, 5.74) is 0.431. The van der Waals surface area contributed by atoms with Crippen molar-refractivity contribution < 1.29 is 9.47 Å². The Morgan fingerprint density at radius 2 is 2.24 bits per heavy atom. The smallest absolute Gasteiger partial charge is 0.348 e. The number of hydrogen-bond donors (Lipinski definition) is 1. The van der Waals surface area contributed by atoms with Gasteiger partial charge in [-0.05, 0) is 24.1 Å². The van der Waals surface area contributed by atoms with Gasteiger partial charge in [0.25, 0.3) is 0 Å². The first-order valence-corrected chi connectivity index (χ1v) is 6.78. The van der Waals surface area contributed by atoms with Gasteiger partial charge in [-0.3, -0.25) is 0 Å². The van der Waals surface area contributed by atoms with Gasteiger partial charge in [0.1, 0.15) is 11.5 Å². The molecule has 0 saturated carbocycles. The molecular formula is C16H16N2O3. The van der Waals surface area contributed by atoms with Crippen LogP contribution in [0.3, 0.4) is 0 Å². The fourth-order valence-corrected chi connectivity index (χ4v) is 2.07. The summed E-state index contributed by atoms with van der Waals surface area (Å²) in [6.07, 6.45) is 1.89. The predicted molar refractivity (Wildman–Crippen MR) is 80.0 cm³/mol. The minimum atomic E-state index is -0.470. The van der Waals surface area contributed by atoms with Gasteiger partial charge >= 0.3 is 5.69 Å². The van der Waals surface area contributed by atoms with Gasteiger partial charge < -0.3 is 14.5 Å². The van der Waals surface area contributed by atoms with E-state index in [1.54, 1.807) is 0 Å². The molecule has 0 atom stereocenters. The number of ether oxygens (including phenoxy) is 2. The molecule has 1 aromatic carbocycles. The second kappa shape index (κ2) is 5.09. The molecule has 0 radical (unpaired) electrons. The lowest BCUT2D eigenvalue weighted by Gasteiger charge is -2.15. The van der Waals surface area contributed by atoms with Crippen molar-refractivity contribution in [2.24, 2.45) is 5.92 Å². The fourth-order valence-electron chi connectivity index (χ4n) is 2.07. The SMILES string of the molecule is C=c1[nH]c(=O)nc2c1=Cc1ccc(OCC(C)C)cc1O2. The highest BCUT2D eigenvalue weighted by Gasteiger charge is 2.14.